The number of carbonyl (C=O) groups is 1. The molecule has 0 bridgehead atoms. The molecular formula is C25H15ClN4O4. The molecule has 0 unspecified atom stereocenters. The third kappa shape index (κ3) is 3.98. The van der Waals surface area contributed by atoms with Gasteiger partial charge in [0.25, 0.3) is 11.6 Å². The largest absolute Gasteiger partial charge is 0.437 e. The molecular weight excluding hydrogens is 456 g/mol. The maximum Gasteiger partial charge on any atom is 0.269 e. The van der Waals surface area contributed by atoms with E-state index in [0.29, 0.717) is 21.9 Å². The Balaban J connectivity index is 1.64. The summed E-state index contributed by atoms with van der Waals surface area (Å²) >= 11 is 6.06. The number of nitro groups is 1. The number of anilines is 1. The van der Waals surface area contributed by atoms with Gasteiger partial charge < -0.3 is 9.73 Å². The van der Waals surface area contributed by atoms with Crippen LogP contribution in [0.4, 0.5) is 11.5 Å². The van der Waals surface area contributed by atoms with Gasteiger partial charge in [0.15, 0.2) is 0 Å². The predicted molar refractivity (Wildman–Crippen MR) is 129 cm³/mol. The fourth-order valence-electron chi connectivity index (χ4n) is 3.63. The molecule has 0 aliphatic carbocycles. The zero-order valence-electron chi connectivity index (χ0n) is 17.4. The number of hydrogen-bond donors (Lipinski definition) is 1. The highest BCUT2D eigenvalue weighted by Gasteiger charge is 2.23. The Morgan fingerprint density at radius 1 is 0.912 bits per heavy atom. The molecule has 0 spiro atoms. The first-order valence-electron chi connectivity index (χ1n) is 10.2. The van der Waals surface area contributed by atoms with Gasteiger partial charge in [0.1, 0.15) is 17.9 Å². The van der Waals surface area contributed by atoms with Gasteiger partial charge in [0.05, 0.1) is 10.3 Å². The van der Waals surface area contributed by atoms with Gasteiger partial charge in [-0.05, 0) is 42.0 Å². The summed E-state index contributed by atoms with van der Waals surface area (Å²) in [6, 6.07) is 22.1. The molecule has 0 radical (unpaired) electrons. The van der Waals surface area contributed by atoms with Crippen LogP contribution in [0.2, 0.25) is 5.02 Å². The van der Waals surface area contributed by atoms with Crippen LogP contribution in [0.3, 0.4) is 0 Å². The van der Waals surface area contributed by atoms with Crippen molar-refractivity contribution in [2.45, 2.75) is 0 Å². The second-order valence-electron chi connectivity index (χ2n) is 7.34. The zero-order chi connectivity index (χ0) is 23.7. The first-order chi connectivity index (χ1) is 16.5. The van der Waals surface area contributed by atoms with Crippen molar-refractivity contribution in [3.8, 4) is 22.5 Å². The molecule has 0 saturated carbocycles. The normalized spacial score (nSPS) is 10.9. The molecule has 2 aromatic heterocycles. The lowest BCUT2D eigenvalue weighted by atomic mass is 9.99. The molecule has 5 aromatic rings. The highest BCUT2D eigenvalue weighted by molar-refractivity contribution is 6.30. The highest BCUT2D eigenvalue weighted by Crippen LogP contribution is 2.42. The highest BCUT2D eigenvalue weighted by atomic mass is 35.5. The smallest absolute Gasteiger partial charge is 0.269 e. The van der Waals surface area contributed by atoms with E-state index in [1.165, 1.54) is 30.6 Å². The number of furan rings is 1. The minimum Gasteiger partial charge on any atom is -0.437 e. The Kier molecular flexibility index (Phi) is 5.49. The van der Waals surface area contributed by atoms with Crippen LogP contribution in [0.1, 0.15) is 10.4 Å². The number of benzene rings is 3. The van der Waals surface area contributed by atoms with Crippen molar-refractivity contribution in [2.24, 2.45) is 0 Å². The number of nitrogens with zero attached hydrogens (tertiary/aromatic N) is 3. The van der Waals surface area contributed by atoms with Crippen molar-refractivity contribution in [1.29, 1.82) is 0 Å². The third-order valence-corrected chi connectivity index (χ3v) is 5.48. The second kappa shape index (κ2) is 8.76. The first kappa shape index (κ1) is 21.3. The molecule has 0 aliphatic heterocycles. The van der Waals surface area contributed by atoms with Crippen molar-refractivity contribution < 1.29 is 14.1 Å². The molecule has 34 heavy (non-hydrogen) atoms. The van der Waals surface area contributed by atoms with E-state index in [1.54, 1.807) is 12.1 Å². The Labute approximate surface area is 198 Å². The summed E-state index contributed by atoms with van der Waals surface area (Å²) in [5, 5.41) is 14.8. The van der Waals surface area contributed by atoms with Gasteiger partial charge in [-0.25, -0.2) is 9.97 Å². The number of hydrogen-bond acceptors (Lipinski definition) is 6. The van der Waals surface area contributed by atoms with Gasteiger partial charge in [-0.3, -0.25) is 14.9 Å². The molecule has 166 valence electrons. The Bertz CT molecular complexity index is 1520. The van der Waals surface area contributed by atoms with Crippen LogP contribution in [-0.2, 0) is 0 Å². The van der Waals surface area contributed by atoms with Crippen molar-refractivity contribution in [2.75, 3.05) is 5.32 Å². The molecule has 9 heteroatoms. The van der Waals surface area contributed by atoms with Crippen LogP contribution in [0.25, 0.3) is 33.6 Å². The van der Waals surface area contributed by atoms with Crippen molar-refractivity contribution in [3.05, 3.63) is 106 Å². The van der Waals surface area contributed by atoms with Gasteiger partial charge >= 0.3 is 0 Å². The van der Waals surface area contributed by atoms with Crippen LogP contribution in [-0.4, -0.2) is 20.8 Å². The fraction of sp³-hybridized carbons (Fsp3) is 0. The summed E-state index contributed by atoms with van der Waals surface area (Å²) in [6.07, 6.45) is 1.30. The number of nitro benzene ring substituents is 1. The van der Waals surface area contributed by atoms with E-state index < -0.39 is 10.8 Å². The van der Waals surface area contributed by atoms with Gasteiger partial charge in [0, 0.05) is 33.8 Å². The number of carbonyl (C=O) groups excluding carboxylic acids is 1. The lowest BCUT2D eigenvalue weighted by Crippen LogP contribution is -2.13. The number of non-ortho nitro benzene ring substituents is 1. The number of rotatable bonds is 5. The number of aromatic nitrogens is 2. The molecule has 2 heterocycles. The fourth-order valence-corrected chi connectivity index (χ4v) is 3.75. The van der Waals surface area contributed by atoms with Crippen LogP contribution in [0.5, 0.6) is 0 Å². The molecule has 1 amide bonds. The van der Waals surface area contributed by atoms with E-state index in [-0.39, 0.29) is 17.1 Å². The SMILES string of the molecule is O=C(Nc1ncnc2oc(-c3ccc(Cl)cc3)c(-c3ccccc3)c12)c1ccc([N+](=O)[O-])cc1. The molecule has 0 saturated heterocycles. The number of nitrogens with one attached hydrogen (secondary N) is 1. The predicted octanol–water partition coefficient (Wildman–Crippen LogP) is 6.37. The van der Waals surface area contributed by atoms with E-state index in [9.17, 15) is 14.9 Å². The monoisotopic (exact) mass is 470 g/mol. The summed E-state index contributed by atoms with van der Waals surface area (Å²) in [5.74, 6) is 0.350. The molecule has 3 aromatic carbocycles. The number of fused-ring (bicyclic) bond motifs is 1. The van der Waals surface area contributed by atoms with Gasteiger partial charge in [-0.1, -0.05) is 41.9 Å². The number of amides is 1. The third-order valence-electron chi connectivity index (χ3n) is 5.23. The van der Waals surface area contributed by atoms with Crippen LogP contribution < -0.4 is 5.32 Å². The average Bonchev–Trinajstić information content (AvgIpc) is 3.25. The van der Waals surface area contributed by atoms with E-state index in [4.69, 9.17) is 16.0 Å². The summed E-state index contributed by atoms with van der Waals surface area (Å²) in [7, 11) is 0. The molecule has 5 rings (SSSR count). The molecule has 0 atom stereocenters. The quantitative estimate of drug-likeness (QED) is 0.236. The maximum absolute atomic E-state index is 12.9. The van der Waals surface area contributed by atoms with Crippen LogP contribution >= 0.6 is 11.6 Å². The average molecular weight is 471 g/mol. The topological polar surface area (TPSA) is 111 Å². The standard InChI is InChI=1S/C25H15ClN4O4/c26-18-10-6-16(7-11-18)22-20(15-4-2-1-3-5-15)21-23(27-14-28-25(21)34-22)29-24(31)17-8-12-19(13-9-17)30(32)33/h1-14H,(H,27,28,29,31). The van der Waals surface area contributed by atoms with Crippen LogP contribution in [0.15, 0.2) is 89.6 Å². The molecule has 1 N–H and O–H groups in total. The van der Waals surface area contributed by atoms with E-state index in [1.807, 2.05) is 42.5 Å². The lowest BCUT2D eigenvalue weighted by molar-refractivity contribution is -0.384. The first-order valence-corrected chi connectivity index (χ1v) is 10.5. The second-order valence-corrected chi connectivity index (χ2v) is 7.78. The summed E-state index contributed by atoms with van der Waals surface area (Å²) in [4.78, 5) is 31.9. The molecule has 8 nitrogen and oxygen atoms in total. The minimum atomic E-state index is -0.522. The molecule has 0 aliphatic rings. The van der Waals surface area contributed by atoms with Crippen LogP contribution in [0, 0.1) is 10.1 Å². The van der Waals surface area contributed by atoms with E-state index in [2.05, 4.69) is 15.3 Å². The summed E-state index contributed by atoms with van der Waals surface area (Å²) in [6.45, 7) is 0. The van der Waals surface area contributed by atoms with E-state index >= 15 is 0 Å². The van der Waals surface area contributed by atoms with Gasteiger partial charge in [-0.2, -0.15) is 0 Å². The van der Waals surface area contributed by atoms with E-state index in [0.717, 1.165) is 16.7 Å². The zero-order valence-corrected chi connectivity index (χ0v) is 18.2. The van der Waals surface area contributed by atoms with Gasteiger partial charge in [0.2, 0.25) is 5.71 Å². The Hall–Kier alpha value is -4.56. The van der Waals surface area contributed by atoms with Gasteiger partial charge in [-0.15, -0.1) is 0 Å². The minimum absolute atomic E-state index is 0.102. The summed E-state index contributed by atoms with van der Waals surface area (Å²) < 4.78 is 6.13. The van der Waals surface area contributed by atoms with Crippen molar-refractivity contribution in [1.82, 2.24) is 9.97 Å². The Morgan fingerprint density at radius 2 is 1.62 bits per heavy atom. The van der Waals surface area contributed by atoms with Crippen molar-refractivity contribution in [3.63, 3.8) is 0 Å². The number of halogens is 1. The Morgan fingerprint density at radius 3 is 2.29 bits per heavy atom. The molecule has 0 fully saturated rings. The van der Waals surface area contributed by atoms with Crippen molar-refractivity contribution >= 4 is 40.1 Å². The lowest BCUT2D eigenvalue weighted by Gasteiger charge is -2.08. The maximum atomic E-state index is 12.9. The summed E-state index contributed by atoms with van der Waals surface area (Å²) in [5.41, 5.74) is 2.81.